The first-order valence-corrected chi connectivity index (χ1v) is 15.3. The van der Waals surface area contributed by atoms with Gasteiger partial charge in [0.1, 0.15) is 23.9 Å². The van der Waals surface area contributed by atoms with Crippen molar-refractivity contribution < 1.29 is 33.6 Å². The Balaban J connectivity index is 2.55. The van der Waals surface area contributed by atoms with E-state index in [9.17, 15) is 19.6 Å². The minimum absolute atomic E-state index is 0.111. The van der Waals surface area contributed by atoms with Crippen LogP contribution in [-0.2, 0) is 18.6 Å². The Morgan fingerprint density at radius 1 is 0.821 bits per heavy atom. The molecular weight excluding hydrogens is 517 g/mol. The van der Waals surface area contributed by atoms with E-state index >= 15 is 0 Å². The van der Waals surface area contributed by atoms with E-state index in [1.807, 2.05) is 0 Å². The molecule has 2 aromatic carbocycles. The highest BCUT2D eigenvalue weighted by Crippen LogP contribution is 2.45. The van der Waals surface area contributed by atoms with Gasteiger partial charge in [-0.1, -0.05) is 55.4 Å². The second-order valence-corrected chi connectivity index (χ2v) is 13.4. The summed E-state index contributed by atoms with van der Waals surface area (Å²) in [6, 6.07) is 7.25. The molecule has 0 bridgehead atoms. The van der Waals surface area contributed by atoms with Crippen LogP contribution in [0, 0.1) is 0 Å². The first-order valence-electron chi connectivity index (χ1n) is 13.5. The number of benzene rings is 2. The number of carboxylic acid groups (broad SMARTS) is 1. The molecule has 0 amide bonds. The third-order valence-electron chi connectivity index (χ3n) is 6.66. The van der Waals surface area contributed by atoms with Gasteiger partial charge in [-0.05, 0) is 88.2 Å². The van der Waals surface area contributed by atoms with Crippen LogP contribution >= 0.6 is 7.52 Å². The number of aromatic hydroxyl groups is 1. The maximum atomic E-state index is 13.2. The van der Waals surface area contributed by atoms with E-state index in [-0.39, 0.29) is 36.8 Å². The number of rotatable bonds is 14. The number of aliphatic carboxylic acids is 1. The Morgan fingerprint density at radius 3 is 1.59 bits per heavy atom. The molecule has 0 spiro atoms. The third kappa shape index (κ3) is 8.31. The number of carboxylic acids is 1. The molecule has 0 radical (unpaired) electrons. The first-order chi connectivity index (χ1) is 18.1. The average Bonchev–Trinajstić information content (AvgIpc) is 2.83. The number of phenolic OH excluding ortho intramolecular Hbond substituents is 1. The van der Waals surface area contributed by atoms with Gasteiger partial charge in [0.05, 0.1) is 0 Å². The Hall–Kier alpha value is -2.38. The summed E-state index contributed by atoms with van der Waals surface area (Å²) >= 11 is 0. The zero-order chi connectivity index (χ0) is 29.7. The molecule has 0 aliphatic rings. The molecule has 2 unspecified atom stereocenters. The van der Waals surface area contributed by atoms with Gasteiger partial charge in [-0.3, -0.25) is 13.9 Å². The van der Waals surface area contributed by atoms with Gasteiger partial charge < -0.3 is 19.7 Å². The summed E-state index contributed by atoms with van der Waals surface area (Å²) in [5.41, 5.74) is 5.83. The summed E-state index contributed by atoms with van der Waals surface area (Å²) in [6.07, 6.45) is -0.293. The Bertz CT molecular complexity index is 1130. The molecule has 0 heterocycles. The summed E-state index contributed by atoms with van der Waals surface area (Å²) in [5.74, 6) is 0.421. The van der Waals surface area contributed by atoms with E-state index in [4.69, 9.17) is 14.0 Å². The second-order valence-electron chi connectivity index (χ2n) is 11.3. The lowest BCUT2D eigenvalue weighted by Crippen LogP contribution is -2.33. The summed E-state index contributed by atoms with van der Waals surface area (Å²) < 4.78 is 29.9. The molecule has 2 rings (SSSR count). The van der Waals surface area contributed by atoms with Crippen molar-refractivity contribution in [2.45, 2.75) is 92.0 Å². The molecule has 0 fully saturated rings. The molecule has 2 aromatic rings. The third-order valence-corrected chi connectivity index (χ3v) is 8.56. The zero-order valence-corrected chi connectivity index (χ0v) is 25.9. The van der Waals surface area contributed by atoms with Crippen molar-refractivity contribution in [3.8, 4) is 22.6 Å². The molecule has 0 saturated heterocycles. The van der Waals surface area contributed by atoms with Gasteiger partial charge in [-0.15, -0.1) is 0 Å². The lowest BCUT2D eigenvalue weighted by atomic mass is 9.86. The van der Waals surface area contributed by atoms with Crippen LogP contribution in [0.1, 0.15) is 108 Å². The van der Waals surface area contributed by atoms with Gasteiger partial charge in [0, 0.05) is 7.11 Å². The number of ether oxygens (including phenoxy) is 2. The fourth-order valence-corrected chi connectivity index (χ4v) is 5.88. The van der Waals surface area contributed by atoms with Gasteiger partial charge in [0.2, 0.25) is 0 Å². The fraction of sp³-hybridized carbons (Fsp3) is 0.567. The fourth-order valence-electron chi connectivity index (χ4n) is 4.39. The minimum atomic E-state index is -3.64. The van der Waals surface area contributed by atoms with Crippen molar-refractivity contribution in [1.82, 2.24) is 5.09 Å². The molecule has 2 atom stereocenters. The highest BCUT2D eigenvalue weighted by molar-refractivity contribution is 7.56. The predicted octanol–water partition coefficient (Wildman–Crippen LogP) is 7.77. The lowest BCUT2D eigenvalue weighted by Gasteiger charge is -2.25. The molecule has 39 heavy (non-hydrogen) atoms. The minimum Gasteiger partial charge on any atom is -0.507 e. The van der Waals surface area contributed by atoms with Crippen molar-refractivity contribution in [2.75, 3.05) is 20.3 Å². The first kappa shape index (κ1) is 32.8. The standard InChI is InChI=1S/C30H46NO7P/c1-17(2)24-11-22(12-25(18(3)4)28(24)32)23-13-26(19(5)6)29(27(14-23)20(7)8)37-15-38-39(35,16-36-10)31-21(9)30(33)34/h11-14,17-21,32H,15-16H2,1-10H3,(H,31,35)(H,33,34). The van der Waals surface area contributed by atoms with E-state index in [2.05, 4.69) is 84.7 Å². The van der Waals surface area contributed by atoms with Crippen LogP contribution in [0.2, 0.25) is 0 Å². The highest BCUT2D eigenvalue weighted by Gasteiger charge is 2.29. The molecule has 9 heteroatoms. The zero-order valence-electron chi connectivity index (χ0n) is 25.0. The van der Waals surface area contributed by atoms with Crippen LogP contribution < -0.4 is 9.82 Å². The van der Waals surface area contributed by atoms with Crippen molar-refractivity contribution in [3.63, 3.8) is 0 Å². The van der Waals surface area contributed by atoms with Gasteiger partial charge in [-0.2, -0.15) is 0 Å². The maximum Gasteiger partial charge on any atom is 0.320 e. The van der Waals surface area contributed by atoms with Crippen molar-refractivity contribution in [3.05, 3.63) is 46.5 Å². The van der Waals surface area contributed by atoms with Gasteiger partial charge >= 0.3 is 5.97 Å². The smallest absolute Gasteiger partial charge is 0.320 e. The summed E-state index contributed by atoms with van der Waals surface area (Å²) in [4.78, 5) is 11.3. The predicted molar refractivity (Wildman–Crippen MR) is 156 cm³/mol. The summed E-state index contributed by atoms with van der Waals surface area (Å²) in [7, 11) is -2.27. The number of phenols is 1. The maximum absolute atomic E-state index is 13.2. The van der Waals surface area contributed by atoms with Gasteiger partial charge in [0.15, 0.2) is 6.79 Å². The summed E-state index contributed by atoms with van der Waals surface area (Å²) in [6.45, 7) is 17.7. The van der Waals surface area contributed by atoms with E-state index in [0.717, 1.165) is 33.4 Å². The Morgan fingerprint density at radius 2 is 1.23 bits per heavy atom. The molecule has 8 nitrogen and oxygen atoms in total. The van der Waals surface area contributed by atoms with Crippen molar-refractivity contribution in [1.29, 1.82) is 0 Å². The monoisotopic (exact) mass is 563 g/mol. The van der Waals surface area contributed by atoms with Gasteiger partial charge in [-0.25, -0.2) is 5.09 Å². The van der Waals surface area contributed by atoms with Crippen LogP contribution in [0.3, 0.4) is 0 Å². The van der Waals surface area contributed by atoms with Crippen LogP contribution in [0.15, 0.2) is 24.3 Å². The van der Waals surface area contributed by atoms with E-state index in [1.54, 1.807) is 0 Å². The summed E-state index contributed by atoms with van der Waals surface area (Å²) in [5, 5.41) is 22.7. The molecule has 0 aromatic heterocycles. The quantitative estimate of drug-likeness (QED) is 0.158. The molecule has 3 N–H and O–H groups in total. The van der Waals surface area contributed by atoms with Crippen LogP contribution in [0.25, 0.3) is 11.1 Å². The number of methoxy groups -OCH3 is 1. The highest BCUT2D eigenvalue weighted by atomic mass is 31.2. The van der Waals surface area contributed by atoms with Gasteiger partial charge in [0.25, 0.3) is 7.52 Å². The molecule has 0 saturated carbocycles. The van der Waals surface area contributed by atoms with Crippen LogP contribution in [0.4, 0.5) is 0 Å². The number of hydrogen-bond donors (Lipinski definition) is 3. The topological polar surface area (TPSA) is 114 Å². The number of carbonyl (C=O) groups is 1. The van der Waals surface area contributed by atoms with E-state index in [1.165, 1.54) is 14.0 Å². The van der Waals surface area contributed by atoms with Crippen molar-refractivity contribution >= 4 is 13.5 Å². The molecular formula is C30H46NO7P. The number of nitrogens with one attached hydrogen (secondary N) is 1. The largest absolute Gasteiger partial charge is 0.507 e. The lowest BCUT2D eigenvalue weighted by molar-refractivity contribution is -0.138. The SMILES string of the molecule is COCP(=O)(NC(C)C(=O)O)OCOc1c(C(C)C)cc(-c2cc(C(C)C)c(O)c(C(C)C)c2)cc1C(C)C. The Kier molecular flexibility index (Phi) is 11.6. The van der Waals surface area contributed by atoms with E-state index in [0.29, 0.717) is 11.5 Å². The van der Waals surface area contributed by atoms with E-state index < -0.39 is 19.5 Å². The number of hydrogen-bond acceptors (Lipinski definition) is 6. The second kappa shape index (κ2) is 13.8. The van der Waals surface area contributed by atoms with Crippen molar-refractivity contribution in [2.24, 2.45) is 0 Å². The Labute approximate surface area is 233 Å². The average molecular weight is 564 g/mol. The molecule has 218 valence electrons. The normalized spacial score (nSPS) is 14.3. The van der Waals surface area contributed by atoms with Crippen LogP contribution in [0.5, 0.6) is 11.5 Å². The molecule has 0 aliphatic heterocycles. The van der Waals surface area contributed by atoms with Crippen LogP contribution in [-0.4, -0.2) is 42.5 Å². The molecule has 0 aliphatic carbocycles.